The first-order valence-electron chi connectivity index (χ1n) is 6.68. The molecule has 0 aliphatic carbocycles. The van der Waals surface area contributed by atoms with Gasteiger partial charge >= 0.3 is 0 Å². The smallest absolute Gasteiger partial charge is 0.247 e. The molecule has 0 saturated carbocycles. The number of aryl methyl sites for hydroxylation is 2. The predicted molar refractivity (Wildman–Crippen MR) is 80.0 cm³/mol. The van der Waals surface area contributed by atoms with Crippen LogP contribution in [0, 0.1) is 13.8 Å². The van der Waals surface area contributed by atoms with Crippen molar-refractivity contribution in [1.82, 2.24) is 14.1 Å². The van der Waals surface area contributed by atoms with Crippen LogP contribution in [-0.2, 0) is 30.2 Å². The van der Waals surface area contributed by atoms with Crippen LogP contribution >= 0.6 is 0 Å². The Morgan fingerprint density at radius 3 is 2.48 bits per heavy atom. The fourth-order valence-electron chi connectivity index (χ4n) is 2.81. The zero-order valence-corrected chi connectivity index (χ0v) is 13.1. The second-order valence-electron chi connectivity index (χ2n) is 5.42. The fraction of sp³-hybridized carbons (Fsp3) is 0.357. The van der Waals surface area contributed by atoms with E-state index in [1.54, 1.807) is 31.6 Å². The van der Waals surface area contributed by atoms with E-state index in [1.807, 2.05) is 12.1 Å². The molecule has 0 spiro atoms. The number of rotatable bonds is 2. The molecule has 2 aromatic rings. The molecule has 6 nitrogen and oxygen atoms in total. The minimum Gasteiger partial charge on any atom is -0.399 e. The normalized spacial score (nSPS) is 15.4. The van der Waals surface area contributed by atoms with Crippen molar-refractivity contribution in [2.75, 3.05) is 5.73 Å². The van der Waals surface area contributed by atoms with E-state index in [9.17, 15) is 8.42 Å². The minimum absolute atomic E-state index is 0.311. The lowest BCUT2D eigenvalue weighted by Gasteiger charge is -2.15. The molecule has 112 valence electrons. The van der Waals surface area contributed by atoms with E-state index in [4.69, 9.17) is 5.73 Å². The largest absolute Gasteiger partial charge is 0.399 e. The number of nitrogens with zero attached hydrogens (tertiary/aromatic N) is 3. The number of fused-ring (bicyclic) bond motifs is 1. The summed E-state index contributed by atoms with van der Waals surface area (Å²) in [6.45, 7) is 4.23. The number of anilines is 1. The summed E-state index contributed by atoms with van der Waals surface area (Å²) in [5, 5.41) is 4.20. The monoisotopic (exact) mass is 306 g/mol. The maximum atomic E-state index is 12.9. The highest BCUT2D eigenvalue weighted by Gasteiger charge is 2.34. The van der Waals surface area contributed by atoms with Gasteiger partial charge in [-0.3, -0.25) is 4.68 Å². The van der Waals surface area contributed by atoms with Crippen LogP contribution in [0.3, 0.4) is 0 Å². The zero-order chi connectivity index (χ0) is 15.4. The van der Waals surface area contributed by atoms with Gasteiger partial charge in [0, 0.05) is 25.8 Å². The molecule has 0 unspecified atom stereocenters. The summed E-state index contributed by atoms with van der Waals surface area (Å²) in [7, 11) is -1.80. The lowest BCUT2D eigenvalue weighted by Crippen LogP contribution is -2.26. The Morgan fingerprint density at radius 2 is 1.86 bits per heavy atom. The molecule has 0 fully saturated rings. The highest BCUT2D eigenvalue weighted by atomic mass is 32.2. The summed E-state index contributed by atoms with van der Waals surface area (Å²) in [5.41, 5.74) is 9.59. The predicted octanol–water partition coefficient (Wildman–Crippen LogP) is 1.32. The Morgan fingerprint density at radius 1 is 1.19 bits per heavy atom. The molecule has 1 aliphatic rings. The van der Waals surface area contributed by atoms with Gasteiger partial charge in [-0.15, -0.1) is 0 Å². The second-order valence-corrected chi connectivity index (χ2v) is 7.30. The van der Waals surface area contributed by atoms with Crippen LogP contribution in [0.2, 0.25) is 0 Å². The highest BCUT2D eigenvalue weighted by Crippen LogP contribution is 2.31. The number of nitrogens with two attached hydrogens (primary N) is 1. The SMILES string of the molecule is Cc1nn(C)c(C)c1S(=O)(=O)N1Cc2ccc(N)cc2C1. The van der Waals surface area contributed by atoms with Crippen molar-refractivity contribution in [3.63, 3.8) is 0 Å². The molecule has 0 bridgehead atoms. The van der Waals surface area contributed by atoms with Crippen LogP contribution in [0.4, 0.5) is 5.69 Å². The van der Waals surface area contributed by atoms with Crippen molar-refractivity contribution in [2.24, 2.45) is 7.05 Å². The van der Waals surface area contributed by atoms with Crippen LogP contribution in [0.15, 0.2) is 23.1 Å². The van der Waals surface area contributed by atoms with E-state index in [0.717, 1.165) is 11.1 Å². The van der Waals surface area contributed by atoms with Gasteiger partial charge in [-0.2, -0.15) is 9.40 Å². The third kappa shape index (κ3) is 2.13. The molecule has 1 aromatic heterocycles. The molecule has 0 amide bonds. The van der Waals surface area contributed by atoms with E-state index in [0.29, 0.717) is 35.1 Å². The average molecular weight is 306 g/mol. The van der Waals surface area contributed by atoms with Crippen molar-refractivity contribution < 1.29 is 8.42 Å². The Balaban J connectivity index is 2.02. The number of nitrogen functional groups attached to an aromatic ring is 1. The number of hydrogen-bond acceptors (Lipinski definition) is 4. The zero-order valence-electron chi connectivity index (χ0n) is 12.3. The number of aromatic nitrogens is 2. The molecule has 0 saturated heterocycles. The van der Waals surface area contributed by atoms with Gasteiger partial charge in [0.15, 0.2) is 0 Å². The molecular weight excluding hydrogens is 288 g/mol. The Hall–Kier alpha value is -1.86. The van der Waals surface area contributed by atoms with Crippen LogP contribution in [0.1, 0.15) is 22.5 Å². The van der Waals surface area contributed by atoms with Gasteiger partial charge in [-0.1, -0.05) is 6.07 Å². The molecule has 3 rings (SSSR count). The summed E-state index contributed by atoms with van der Waals surface area (Å²) in [6.07, 6.45) is 0. The first-order chi connectivity index (χ1) is 9.80. The van der Waals surface area contributed by atoms with Gasteiger partial charge in [-0.05, 0) is 37.1 Å². The van der Waals surface area contributed by atoms with Gasteiger partial charge in [0.1, 0.15) is 4.90 Å². The summed E-state index contributed by atoms with van der Waals surface area (Å²) in [4.78, 5) is 0.311. The van der Waals surface area contributed by atoms with Crippen molar-refractivity contribution in [3.8, 4) is 0 Å². The molecule has 0 radical (unpaired) electrons. The summed E-state index contributed by atoms with van der Waals surface area (Å²) >= 11 is 0. The molecule has 2 N–H and O–H groups in total. The topological polar surface area (TPSA) is 81.2 Å². The maximum absolute atomic E-state index is 12.9. The fourth-order valence-corrected chi connectivity index (χ4v) is 4.61. The van der Waals surface area contributed by atoms with Gasteiger partial charge in [0.25, 0.3) is 0 Å². The third-order valence-electron chi connectivity index (χ3n) is 3.96. The van der Waals surface area contributed by atoms with E-state index < -0.39 is 10.0 Å². The van der Waals surface area contributed by atoms with Gasteiger partial charge in [0.2, 0.25) is 10.0 Å². The van der Waals surface area contributed by atoms with Gasteiger partial charge < -0.3 is 5.73 Å². The first-order valence-corrected chi connectivity index (χ1v) is 8.12. The summed E-state index contributed by atoms with van der Waals surface area (Å²) in [6, 6.07) is 5.53. The minimum atomic E-state index is -3.55. The maximum Gasteiger partial charge on any atom is 0.247 e. The lowest BCUT2D eigenvalue weighted by atomic mass is 10.1. The van der Waals surface area contributed by atoms with E-state index in [2.05, 4.69) is 5.10 Å². The molecular formula is C14H18N4O2S. The molecule has 7 heteroatoms. The molecule has 1 aliphatic heterocycles. The number of benzene rings is 1. The first kappa shape index (κ1) is 14.1. The van der Waals surface area contributed by atoms with Gasteiger partial charge in [0.05, 0.1) is 11.4 Å². The second kappa shape index (κ2) is 4.57. The Kier molecular flexibility index (Phi) is 3.07. The van der Waals surface area contributed by atoms with Crippen molar-refractivity contribution in [2.45, 2.75) is 31.8 Å². The van der Waals surface area contributed by atoms with Crippen molar-refractivity contribution in [1.29, 1.82) is 0 Å². The third-order valence-corrected chi connectivity index (χ3v) is 6.01. The summed E-state index contributed by atoms with van der Waals surface area (Å²) in [5.74, 6) is 0. The van der Waals surface area contributed by atoms with E-state index in [-0.39, 0.29) is 0 Å². The molecule has 1 aromatic carbocycles. The van der Waals surface area contributed by atoms with E-state index in [1.165, 1.54) is 4.31 Å². The standard InChI is InChI=1S/C14H18N4O2S/c1-9-14(10(2)17(3)16-9)21(19,20)18-7-11-4-5-13(15)6-12(11)8-18/h4-6H,7-8,15H2,1-3H3. The quantitative estimate of drug-likeness (QED) is 0.849. The Bertz CT molecular complexity index is 824. The summed E-state index contributed by atoms with van der Waals surface area (Å²) < 4.78 is 28.8. The molecule has 2 heterocycles. The number of sulfonamides is 1. The van der Waals surface area contributed by atoms with Crippen molar-refractivity contribution in [3.05, 3.63) is 40.7 Å². The molecule has 0 atom stereocenters. The molecule has 21 heavy (non-hydrogen) atoms. The van der Waals surface area contributed by atoms with Crippen LogP contribution in [-0.4, -0.2) is 22.5 Å². The van der Waals surface area contributed by atoms with Gasteiger partial charge in [-0.25, -0.2) is 8.42 Å². The van der Waals surface area contributed by atoms with Crippen LogP contribution in [0.5, 0.6) is 0 Å². The van der Waals surface area contributed by atoms with Crippen LogP contribution < -0.4 is 5.73 Å². The number of hydrogen-bond donors (Lipinski definition) is 1. The average Bonchev–Trinajstić information content (AvgIpc) is 2.91. The lowest BCUT2D eigenvalue weighted by molar-refractivity contribution is 0.431. The Labute approximate surface area is 124 Å². The van der Waals surface area contributed by atoms with E-state index >= 15 is 0 Å². The van der Waals surface area contributed by atoms with Crippen LogP contribution in [0.25, 0.3) is 0 Å². The van der Waals surface area contributed by atoms with Crippen molar-refractivity contribution >= 4 is 15.7 Å². The highest BCUT2D eigenvalue weighted by molar-refractivity contribution is 7.89.